The average molecular weight is 197 g/mol. The first-order valence-corrected chi connectivity index (χ1v) is 4.26. The summed E-state index contributed by atoms with van der Waals surface area (Å²) in [7, 11) is 0. The molecule has 1 aromatic carbocycles. The van der Waals surface area contributed by atoms with Crippen molar-refractivity contribution in [3.05, 3.63) is 29.8 Å². The van der Waals surface area contributed by atoms with Gasteiger partial charge in [-0.2, -0.15) is 0 Å². The minimum absolute atomic E-state index is 0.137. The monoisotopic (exact) mass is 197 g/mol. The molecule has 2 N–H and O–H groups in total. The minimum Gasteiger partial charge on any atom is -0.461 e. The highest BCUT2D eigenvalue weighted by Crippen LogP contribution is 2.15. The molecule has 0 fully saturated rings. The Hall–Kier alpha value is -1.58. The summed E-state index contributed by atoms with van der Waals surface area (Å²) < 4.78 is 17.3. The van der Waals surface area contributed by atoms with Crippen molar-refractivity contribution < 1.29 is 13.9 Å². The predicted molar refractivity (Wildman–Crippen MR) is 50.5 cm³/mol. The second-order valence-electron chi connectivity index (χ2n) is 2.95. The second kappa shape index (κ2) is 4.60. The largest absolute Gasteiger partial charge is 0.461 e. The van der Waals surface area contributed by atoms with E-state index in [0.29, 0.717) is 5.75 Å². The van der Waals surface area contributed by atoms with Crippen LogP contribution < -0.4 is 10.5 Å². The molecule has 0 bridgehead atoms. The van der Waals surface area contributed by atoms with E-state index in [1.807, 2.05) is 0 Å². The molecule has 4 heteroatoms. The van der Waals surface area contributed by atoms with Gasteiger partial charge in [0.2, 0.25) is 12.3 Å². The van der Waals surface area contributed by atoms with E-state index in [4.69, 9.17) is 10.5 Å². The van der Waals surface area contributed by atoms with Crippen LogP contribution in [0.15, 0.2) is 24.3 Å². The molecule has 0 spiro atoms. The molecule has 76 valence electrons. The van der Waals surface area contributed by atoms with Gasteiger partial charge in [0.15, 0.2) is 0 Å². The molecule has 0 aliphatic heterocycles. The van der Waals surface area contributed by atoms with Crippen LogP contribution in [0, 0.1) is 0 Å². The molecule has 0 aliphatic rings. The Morgan fingerprint density at radius 2 is 2.36 bits per heavy atom. The lowest BCUT2D eigenvalue weighted by Gasteiger charge is -2.07. The van der Waals surface area contributed by atoms with Gasteiger partial charge in [0.05, 0.1) is 6.42 Å². The van der Waals surface area contributed by atoms with Gasteiger partial charge in [-0.25, -0.2) is 4.39 Å². The van der Waals surface area contributed by atoms with E-state index in [9.17, 15) is 9.18 Å². The first-order chi connectivity index (χ1) is 6.58. The maximum atomic E-state index is 12.5. The summed E-state index contributed by atoms with van der Waals surface area (Å²) in [6, 6.07) is 6.65. The van der Waals surface area contributed by atoms with Crippen LogP contribution in [0.3, 0.4) is 0 Å². The molecular formula is C10H12FNO2. The number of alkyl halides is 1. The van der Waals surface area contributed by atoms with E-state index >= 15 is 0 Å². The van der Waals surface area contributed by atoms with Crippen molar-refractivity contribution >= 4 is 5.91 Å². The van der Waals surface area contributed by atoms with Crippen LogP contribution in [-0.2, 0) is 11.2 Å². The van der Waals surface area contributed by atoms with Gasteiger partial charge in [0.25, 0.3) is 0 Å². The van der Waals surface area contributed by atoms with E-state index in [0.717, 1.165) is 5.56 Å². The molecular weight excluding hydrogens is 185 g/mol. The summed E-state index contributed by atoms with van der Waals surface area (Å²) in [6.07, 6.45) is -1.23. The normalized spacial score (nSPS) is 12.1. The number of halogens is 1. The maximum absolute atomic E-state index is 12.5. The highest BCUT2D eigenvalue weighted by Gasteiger charge is 2.03. The first kappa shape index (κ1) is 10.5. The number of primary amides is 1. The Labute approximate surface area is 81.7 Å². The summed E-state index contributed by atoms with van der Waals surface area (Å²) in [5.74, 6) is -0.0193. The fraction of sp³-hybridized carbons (Fsp3) is 0.300. The van der Waals surface area contributed by atoms with Crippen LogP contribution in [0.1, 0.15) is 12.5 Å². The summed E-state index contributed by atoms with van der Waals surface area (Å²) >= 11 is 0. The van der Waals surface area contributed by atoms with Crippen LogP contribution in [0.2, 0.25) is 0 Å². The lowest BCUT2D eigenvalue weighted by atomic mass is 10.1. The molecule has 1 amide bonds. The summed E-state index contributed by atoms with van der Waals surface area (Å²) in [6.45, 7) is 1.29. The summed E-state index contributed by atoms with van der Waals surface area (Å²) in [5, 5.41) is 0. The third-order valence-electron chi connectivity index (χ3n) is 1.58. The number of nitrogens with two attached hydrogens (primary N) is 1. The molecule has 0 aromatic heterocycles. The fourth-order valence-corrected chi connectivity index (χ4v) is 1.12. The van der Waals surface area contributed by atoms with Crippen LogP contribution >= 0.6 is 0 Å². The molecule has 3 nitrogen and oxygen atoms in total. The van der Waals surface area contributed by atoms with Crippen molar-refractivity contribution in [2.24, 2.45) is 5.73 Å². The Kier molecular flexibility index (Phi) is 3.45. The second-order valence-corrected chi connectivity index (χ2v) is 2.95. The lowest BCUT2D eigenvalue weighted by Crippen LogP contribution is -2.13. The zero-order chi connectivity index (χ0) is 10.6. The van der Waals surface area contributed by atoms with Gasteiger partial charge in [-0.3, -0.25) is 4.79 Å². The molecule has 14 heavy (non-hydrogen) atoms. The standard InChI is InChI=1S/C10H12FNO2/c1-7(11)14-9-4-2-3-8(5-9)6-10(12)13/h2-5,7H,6H2,1H3,(H2,12,13). The minimum atomic E-state index is -1.36. The topological polar surface area (TPSA) is 52.3 Å². The fourth-order valence-electron chi connectivity index (χ4n) is 1.12. The predicted octanol–water partition coefficient (Wildman–Crippen LogP) is 1.41. The highest BCUT2D eigenvalue weighted by atomic mass is 19.1. The van der Waals surface area contributed by atoms with Crippen molar-refractivity contribution in [3.8, 4) is 5.75 Å². The Morgan fingerprint density at radius 1 is 1.64 bits per heavy atom. The lowest BCUT2D eigenvalue weighted by molar-refractivity contribution is -0.117. The van der Waals surface area contributed by atoms with Gasteiger partial charge in [-0.15, -0.1) is 0 Å². The Morgan fingerprint density at radius 3 is 2.93 bits per heavy atom. The highest BCUT2D eigenvalue weighted by molar-refractivity contribution is 5.76. The summed E-state index contributed by atoms with van der Waals surface area (Å²) in [5.41, 5.74) is 5.74. The van der Waals surface area contributed by atoms with Gasteiger partial charge >= 0.3 is 0 Å². The first-order valence-electron chi connectivity index (χ1n) is 4.26. The van der Waals surface area contributed by atoms with Gasteiger partial charge in [0.1, 0.15) is 5.75 Å². The molecule has 1 rings (SSSR count). The number of carbonyl (C=O) groups is 1. The van der Waals surface area contributed by atoms with Crippen LogP contribution in [0.25, 0.3) is 0 Å². The van der Waals surface area contributed by atoms with Crippen molar-refractivity contribution in [2.75, 3.05) is 0 Å². The maximum Gasteiger partial charge on any atom is 0.235 e. The molecule has 1 unspecified atom stereocenters. The van der Waals surface area contributed by atoms with E-state index in [1.165, 1.54) is 6.92 Å². The van der Waals surface area contributed by atoms with Crippen LogP contribution in [0.5, 0.6) is 5.75 Å². The van der Waals surface area contributed by atoms with E-state index in [1.54, 1.807) is 24.3 Å². The quantitative estimate of drug-likeness (QED) is 0.793. The molecule has 0 radical (unpaired) electrons. The molecule has 0 saturated heterocycles. The van der Waals surface area contributed by atoms with Gasteiger partial charge in [-0.1, -0.05) is 12.1 Å². The number of benzene rings is 1. The number of ether oxygens (including phenoxy) is 1. The number of hydrogen-bond donors (Lipinski definition) is 1. The van der Waals surface area contributed by atoms with Gasteiger partial charge < -0.3 is 10.5 Å². The zero-order valence-corrected chi connectivity index (χ0v) is 7.87. The van der Waals surface area contributed by atoms with Crippen molar-refractivity contribution in [1.29, 1.82) is 0 Å². The van der Waals surface area contributed by atoms with Crippen LogP contribution in [-0.4, -0.2) is 12.3 Å². The van der Waals surface area contributed by atoms with Gasteiger partial charge in [-0.05, 0) is 17.7 Å². The summed E-state index contributed by atoms with van der Waals surface area (Å²) in [4.78, 5) is 10.6. The number of amides is 1. The van der Waals surface area contributed by atoms with Crippen molar-refractivity contribution in [3.63, 3.8) is 0 Å². The molecule has 0 heterocycles. The third-order valence-corrected chi connectivity index (χ3v) is 1.58. The Balaban J connectivity index is 2.73. The zero-order valence-electron chi connectivity index (χ0n) is 7.87. The molecule has 0 aliphatic carbocycles. The van der Waals surface area contributed by atoms with Crippen molar-refractivity contribution in [1.82, 2.24) is 0 Å². The van der Waals surface area contributed by atoms with E-state index in [-0.39, 0.29) is 6.42 Å². The smallest absolute Gasteiger partial charge is 0.235 e. The van der Waals surface area contributed by atoms with Gasteiger partial charge in [0, 0.05) is 6.92 Å². The molecule has 1 atom stereocenters. The number of carbonyl (C=O) groups excluding carboxylic acids is 1. The molecule has 1 aromatic rings. The van der Waals surface area contributed by atoms with E-state index in [2.05, 4.69) is 0 Å². The third kappa shape index (κ3) is 3.43. The van der Waals surface area contributed by atoms with Crippen molar-refractivity contribution in [2.45, 2.75) is 19.7 Å². The average Bonchev–Trinajstić information content (AvgIpc) is 2.01. The number of rotatable bonds is 4. The van der Waals surface area contributed by atoms with Crippen LogP contribution in [0.4, 0.5) is 4.39 Å². The Bertz CT molecular complexity index is 326. The number of hydrogen-bond acceptors (Lipinski definition) is 2. The SMILES string of the molecule is CC(F)Oc1cccc(CC(N)=O)c1. The molecule has 0 saturated carbocycles. The van der Waals surface area contributed by atoms with E-state index < -0.39 is 12.3 Å².